The number of aryl methyl sites for hydroxylation is 2. The van der Waals surface area contributed by atoms with E-state index >= 15 is 0 Å². The second-order valence-electron chi connectivity index (χ2n) is 5.93. The lowest BCUT2D eigenvalue weighted by atomic mass is 10.1. The van der Waals surface area contributed by atoms with Crippen LogP contribution in [0.4, 0.5) is 11.5 Å². The zero-order valence-electron chi connectivity index (χ0n) is 14.6. The van der Waals surface area contributed by atoms with Crippen LogP contribution in [0.3, 0.4) is 0 Å². The van der Waals surface area contributed by atoms with E-state index in [0.29, 0.717) is 10.7 Å². The summed E-state index contributed by atoms with van der Waals surface area (Å²) in [6.45, 7) is 6.93. The van der Waals surface area contributed by atoms with Crippen LogP contribution >= 0.6 is 11.6 Å². The summed E-state index contributed by atoms with van der Waals surface area (Å²) < 4.78 is 0. The van der Waals surface area contributed by atoms with Crippen molar-refractivity contribution >= 4 is 29.0 Å². The van der Waals surface area contributed by atoms with Gasteiger partial charge in [-0.15, -0.1) is 0 Å². The number of nitrogens with zero attached hydrogens (tertiary/aromatic N) is 3. The van der Waals surface area contributed by atoms with Crippen LogP contribution in [-0.2, 0) is 0 Å². The van der Waals surface area contributed by atoms with E-state index in [-0.39, 0.29) is 11.6 Å². The van der Waals surface area contributed by atoms with Gasteiger partial charge >= 0.3 is 0 Å². The van der Waals surface area contributed by atoms with Crippen LogP contribution in [-0.4, -0.2) is 29.5 Å². The van der Waals surface area contributed by atoms with E-state index in [1.54, 1.807) is 6.20 Å². The Morgan fingerprint density at radius 2 is 2.00 bits per heavy atom. The first-order valence-electron chi connectivity index (χ1n) is 8.03. The first-order valence-corrected chi connectivity index (χ1v) is 8.41. The predicted octanol–water partition coefficient (Wildman–Crippen LogP) is 4.24. The van der Waals surface area contributed by atoms with Gasteiger partial charge in [-0.1, -0.05) is 31.0 Å². The minimum Gasteiger partial charge on any atom is -0.358 e. The molecule has 0 bridgehead atoms. The molecule has 1 heterocycles. The maximum Gasteiger partial charge on any atom is 0.275 e. The normalized spacial score (nSPS) is 10.5. The van der Waals surface area contributed by atoms with Crippen molar-refractivity contribution in [2.24, 2.45) is 0 Å². The van der Waals surface area contributed by atoms with Crippen LogP contribution in [0.25, 0.3) is 0 Å². The van der Waals surface area contributed by atoms with Crippen molar-refractivity contribution in [2.45, 2.75) is 33.6 Å². The molecule has 1 aromatic heterocycles. The number of amides is 1. The Morgan fingerprint density at radius 1 is 1.25 bits per heavy atom. The van der Waals surface area contributed by atoms with E-state index in [1.807, 2.05) is 37.9 Å². The van der Waals surface area contributed by atoms with E-state index < -0.39 is 0 Å². The van der Waals surface area contributed by atoms with Gasteiger partial charge in [-0.05, 0) is 37.5 Å². The SMILES string of the molecule is CCCCN(C)c1cnc(C(=O)Nc2c(C)cc(C)cc2Cl)cn1. The number of unbranched alkanes of at least 4 members (excludes halogenated alkanes) is 1. The number of carbonyl (C=O) groups excluding carboxylic acids is 1. The molecule has 24 heavy (non-hydrogen) atoms. The molecular formula is C18H23ClN4O. The highest BCUT2D eigenvalue weighted by Crippen LogP contribution is 2.27. The van der Waals surface area contributed by atoms with E-state index in [1.165, 1.54) is 6.20 Å². The third-order valence-corrected chi connectivity index (χ3v) is 4.08. The summed E-state index contributed by atoms with van der Waals surface area (Å²) in [5, 5.41) is 3.34. The van der Waals surface area contributed by atoms with Gasteiger partial charge in [0.2, 0.25) is 0 Å². The molecular weight excluding hydrogens is 324 g/mol. The van der Waals surface area contributed by atoms with Gasteiger partial charge in [-0.2, -0.15) is 0 Å². The number of halogens is 1. The highest BCUT2D eigenvalue weighted by Gasteiger charge is 2.13. The molecule has 1 N–H and O–H groups in total. The summed E-state index contributed by atoms with van der Waals surface area (Å²) in [5.74, 6) is 0.434. The van der Waals surface area contributed by atoms with Crippen molar-refractivity contribution in [3.63, 3.8) is 0 Å². The largest absolute Gasteiger partial charge is 0.358 e. The average molecular weight is 347 g/mol. The van der Waals surface area contributed by atoms with Crippen molar-refractivity contribution in [3.8, 4) is 0 Å². The third-order valence-electron chi connectivity index (χ3n) is 3.78. The van der Waals surface area contributed by atoms with Crippen molar-refractivity contribution in [2.75, 3.05) is 23.8 Å². The van der Waals surface area contributed by atoms with E-state index in [2.05, 4.69) is 22.2 Å². The molecule has 0 unspecified atom stereocenters. The molecule has 0 atom stereocenters. The van der Waals surface area contributed by atoms with Crippen LogP contribution in [0, 0.1) is 13.8 Å². The van der Waals surface area contributed by atoms with Crippen molar-refractivity contribution < 1.29 is 4.79 Å². The molecule has 0 fully saturated rings. The Bertz CT molecular complexity index is 692. The maximum absolute atomic E-state index is 12.4. The third kappa shape index (κ3) is 4.45. The van der Waals surface area contributed by atoms with Gasteiger partial charge in [-0.3, -0.25) is 4.79 Å². The monoisotopic (exact) mass is 346 g/mol. The summed E-state index contributed by atoms with van der Waals surface area (Å²) in [5.41, 5.74) is 2.84. The second kappa shape index (κ2) is 8.11. The molecule has 0 radical (unpaired) electrons. The van der Waals surface area contributed by atoms with Gasteiger partial charge in [-0.25, -0.2) is 9.97 Å². The molecule has 0 aliphatic rings. The number of rotatable bonds is 6. The van der Waals surface area contributed by atoms with Crippen LogP contribution in [0.2, 0.25) is 5.02 Å². The number of nitrogens with one attached hydrogen (secondary N) is 1. The quantitative estimate of drug-likeness (QED) is 0.850. The van der Waals surface area contributed by atoms with Gasteiger partial charge in [0.15, 0.2) is 0 Å². The molecule has 1 aromatic carbocycles. The Hall–Kier alpha value is -2.14. The highest BCUT2D eigenvalue weighted by molar-refractivity contribution is 6.34. The fourth-order valence-corrected chi connectivity index (χ4v) is 2.77. The lowest BCUT2D eigenvalue weighted by Crippen LogP contribution is -2.21. The first-order chi connectivity index (χ1) is 11.4. The highest BCUT2D eigenvalue weighted by atomic mass is 35.5. The minimum atomic E-state index is -0.320. The molecule has 6 heteroatoms. The second-order valence-corrected chi connectivity index (χ2v) is 6.33. The smallest absolute Gasteiger partial charge is 0.275 e. The molecule has 0 spiro atoms. The number of benzene rings is 1. The molecule has 2 rings (SSSR count). The molecule has 0 saturated heterocycles. The molecule has 0 aliphatic carbocycles. The fourth-order valence-electron chi connectivity index (χ4n) is 2.40. The Balaban J connectivity index is 2.11. The van der Waals surface area contributed by atoms with Crippen molar-refractivity contribution in [1.82, 2.24) is 9.97 Å². The Kier molecular flexibility index (Phi) is 6.15. The van der Waals surface area contributed by atoms with Crippen molar-refractivity contribution in [3.05, 3.63) is 46.4 Å². The van der Waals surface area contributed by atoms with Gasteiger partial charge in [0.25, 0.3) is 5.91 Å². The number of hydrogen-bond donors (Lipinski definition) is 1. The number of anilines is 2. The summed E-state index contributed by atoms with van der Waals surface area (Å²) in [7, 11) is 1.97. The van der Waals surface area contributed by atoms with Gasteiger partial charge < -0.3 is 10.2 Å². The first kappa shape index (κ1) is 18.2. The molecule has 0 aliphatic heterocycles. The minimum absolute atomic E-state index is 0.263. The van der Waals surface area contributed by atoms with Crippen LogP contribution in [0.5, 0.6) is 0 Å². The maximum atomic E-state index is 12.4. The Morgan fingerprint density at radius 3 is 2.58 bits per heavy atom. The number of hydrogen-bond acceptors (Lipinski definition) is 4. The lowest BCUT2D eigenvalue weighted by Gasteiger charge is -2.17. The van der Waals surface area contributed by atoms with Crippen LogP contribution < -0.4 is 10.2 Å². The molecule has 2 aromatic rings. The summed E-state index contributed by atoms with van der Waals surface area (Å²) in [4.78, 5) is 22.9. The summed E-state index contributed by atoms with van der Waals surface area (Å²) >= 11 is 6.22. The zero-order chi connectivity index (χ0) is 17.7. The van der Waals surface area contributed by atoms with E-state index in [4.69, 9.17) is 11.6 Å². The van der Waals surface area contributed by atoms with Gasteiger partial charge in [0.1, 0.15) is 11.5 Å². The molecule has 1 amide bonds. The summed E-state index contributed by atoms with van der Waals surface area (Å²) in [6.07, 6.45) is 5.32. The van der Waals surface area contributed by atoms with E-state index in [0.717, 1.165) is 36.3 Å². The average Bonchev–Trinajstić information content (AvgIpc) is 2.55. The van der Waals surface area contributed by atoms with Crippen LogP contribution in [0.15, 0.2) is 24.5 Å². The predicted molar refractivity (Wildman–Crippen MR) is 99.1 cm³/mol. The Labute approximate surface area is 148 Å². The number of carbonyl (C=O) groups is 1. The topological polar surface area (TPSA) is 58.1 Å². The lowest BCUT2D eigenvalue weighted by molar-refractivity contribution is 0.102. The van der Waals surface area contributed by atoms with Crippen LogP contribution in [0.1, 0.15) is 41.4 Å². The van der Waals surface area contributed by atoms with Gasteiger partial charge in [0, 0.05) is 13.6 Å². The van der Waals surface area contributed by atoms with E-state index in [9.17, 15) is 4.79 Å². The number of aromatic nitrogens is 2. The van der Waals surface area contributed by atoms with Crippen molar-refractivity contribution in [1.29, 1.82) is 0 Å². The standard InChI is InChI=1S/C18H23ClN4O/c1-5-6-7-23(4)16-11-20-15(10-21-16)18(24)22-17-13(3)8-12(2)9-14(17)19/h8-11H,5-7H2,1-4H3,(H,22,24). The summed E-state index contributed by atoms with van der Waals surface area (Å²) in [6, 6.07) is 3.79. The molecule has 5 nitrogen and oxygen atoms in total. The molecule has 128 valence electrons. The van der Waals surface area contributed by atoms with Gasteiger partial charge in [0.05, 0.1) is 23.1 Å². The zero-order valence-corrected chi connectivity index (χ0v) is 15.3. The fraction of sp³-hybridized carbons (Fsp3) is 0.389. The molecule has 0 saturated carbocycles.